The number of carbonyl (C=O) groups is 1. The SMILES string of the molecule is CCC(NCc1cccc(C(=O)O)c1)C(O)c1ccc(C(F)(F)F)cc1. The lowest BCUT2D eigenvalue weighted by Gasteiger charge is -2.24. The number of benzene rings is 2. The zero-order chi connectivity index (χ0) is 19.3. The fourth-order valence-electron chi connectivity index (χ4n) is 2.64. The van der Waals surface area contributed by atoms with Gasteiger partial charge >= 0.3 is 12.1 Å². The quantitative estimate of drug-likeness (QED) is 0.692. The fourth-order valence-corrected chi connectivity index (χ4v) is 2.64. The van der Waals surface area contributed by atoms with Gasteiger partial charge in [-0.25, -0.2) is 4.79 Å². The minimum absolute atomic E-state index is 0.167. The van der Waals surface area contributed by atoms with Gasteiger partial charge in [-0.05, 0) is 41.8 Å². The maximum Gasteiger partial charge on any atom is 0.416 e. The first-order chi connectivity index (χ1) is 12.2. The molecule has 0 spiro atoms. The summed E-state index contributed by atoms with van der Waals surface area (Å²) in [6, 6.07) is 10.5. The summed E-state index contributed by atoms with van der Waals surface area (Å²) in [4.78, 5) is 11.0. The summed E-state index contributed by atoms with van der Waals surface area (Å²) in [5.41, 5.74) is 0.528. The van der Waals surface area contributed by atoms with Gasteiger partial charge in [-0.3, -0.25) is 0 Å². The van der Waals surface area contributed by atoms with Crippen molar-refractivity contribution >= 4 is 5.97 Å². The third-order valence-electron chi connectivity index (χ3n) is 4.14. The molecule has 0 fully saturated rings. The van der Waals surface area contributed by atoms with Gasteiger partial charge in [0.15, 0.2) is 0 Å². The first-order valence-electron chi connectivity index (χ1n) is 8.13. The van der Waals surface area contributed by atoms with Crippen molar-refractivity contribution in [3.63, 3.8) is 0 Å². The van der Waals surface area contributed by atoms with Gasteiger partial charge < -0.3 is 15.5 Å². The maximum atomic E-state index is 12.6. The van der Waals surface area contributed by atoms with Crippen molar-refractivity contribution < 1.29 is 28.2 Å². The van der Waals surface area contributed by atoms with Crippen molar-refractivity contribution in [2.45, 2.75) is 38.2 Å². The average molecular weight is 367 g/mol. The van der Waals surface area contributed by atoms with Crippen LogP contribution >= 0.6 is 0 Å². The number of alkyl halides is 3. The van der Waals surface area contributed by atoms with Crippen LogP contribution in [-0.2, 0) is 12.7 Å². The van der Waals surface area contributed by atoms with Gasteiger partial charge in [0.2, 0.25) is 0 Å². The molecule has 2 atom stereocenters. The second-order valence-corrected chi connectivity index (χ2v) is 5.97. The summed E-state index contributed by atoms with van der Waals surface area (Å²) < 4.78 is 37.9. The van der Waals surface area contributed by atoms with E-state index in [1.54, 1.807) is 12.1 Å². The molecular weight excluding hydrogens is 347 g/mol. The summed E-state index contributed by atoms with van der Waals surface area (Å²) >= 11 is 0. The minimum atomic E-state index is -4.42. The molecule has 26 heavy (non-hydrogen) atoms. The Balaban J connectivity index is 2.05. The molecule has 0 aromatic heterocycles. The van der Waals surface area contributed by atoms with E-state index in [2.05, 4.69) is 5.32 Å². The number of hydrogen-bond acceptors (Lipinski definition) is 3. The number of aromatic carboxylic acids is 1. The van der Waals surface area contributed by atoms with Crippen LogP contribution in [0.5, 0.6) is 0 Å². The van der Waals surface area contributed by atoms with Crippen LogP contribution in [0.25, 0.3) is 0 Å². The van der Waals surface area contributed by atoms with E-state index >= 15 is 0 Å². The Kier molecular flexibility index (Phi) is 6.39. The summed E-state index contributed by atoms with van der Waals surface area (Å²) in [5, 5.41) is 22.6. The van der Waals surface area contributed by atoms with E-state index in [0.717, 1.165) is 17.7 Å². The lowest BCUT2D eigenvalue weighted by atomic mass is 9.98. The average Bonchev–Trinajstić information content (AvgIpc) is 2.61. The molecule has 2 aromatic rings. The van der Waals surface area contributed by atoms with Gasteiger partial charge in [-0.2, -0.15) is 13.2 Å². The third-order valence-corrected chi connectivity index (χ3v) is 4.14. The van der Waals surface area contributed by atoms with Crippen LogP contribution in [0, 0.1) is 0 Å². The topological polar surface area (TPSA) is 69.6 Å². The second kappa shape index (κ2) is 8.33. The van der Waals surface area contributed by atoms with Gasteiger partial charge in [0.25, 0.3) is 0 Å². The van der Waals surface area contributed by atoms with E-state index in [0.29, 0.717) is 18.5 Å². The summed E-state index contributed by atoms with van der Waals surface area (Å²) in [7, 11) is 0. The summed E-state index contributed by atoms with van der Waals surface area (Å²) in [5.74, 6) is -1.02. The second-order valence-electron chi connectivity index (χ2n) is 5.97. The highest BCUT2D eigenvalue weighted by Crippen LogP contribution is 2.30. The number of hydrogen-bond donors (Lipinski definition) is 3. The Hall–Kier alpha value is -2.38. The monoisotopic (exact) mass is 367 g/mol. The van der Waals surface area contributed by atoms with Crippen LogP contribution < -0.4 is 5.32 Å². The van der Waals surface area contributed by atoms with Crippen LogP contribution in [0.15, 0.2) is 48.5 Å². The number of carboxylic acid groups (broad SMARTS) is 1. The molecule has 0 saturated heterocycles. The molecule has 140 valence electrons. The van der Waals surface area contributed by atoms with E-state index in [1.165, 1.54) is 24.3 Å². The number of aliphatic hydroxyl groups is 1. The predicted molar refractivity (Wildman–Crippen MR) is 90.7 cm³/mol. The standard InChI is InChI=1S/C19H20F3NO3/c1-2-16(23-11-12-4-3-5-14(10-12)18(25)26)17(24)13-6-8-15(9-7-13)19(20,21)22/h3-10,16-17,23-24H,2,11H2,1H3,(H,25,26). The van der Waals surface area contributed by atoms with Crippen LogP contribution in [0.1, 0.15) is 46.5 Å². The molecule has 0 saturated carbocycles. The van der Waals surface area contributed by atoms with Crippen molar-refractivity contribution in [3.05, 3.63) is 70.8 Å². The van der Waals surface area contributed by atoms with E-state index in [-0.39, 0.29) is 11.6 Å². The van der Waals surface area contributed by atoms with Crippen molar-refractivity contribution in [1.82, 2.24) is 5.32 Å². The number of rotatable bonds is 7. The Morgan fingerprint density at radius 1 is 1.15 bits per heavy atom. The Labute approximate surface area is 149 Å². The molecule has 2 aromatic carbocycles. The molecule has 4 nitrogen and oxygen atoms in total. The Morgan fingerprint density at radius 2 is 1.81 bits per heavy atom. The fraction of sp³-hybridized carbons (Fsp3) is 0.316. The number of nitrogens with one attached hydrogen (secondary N) is 1. The predicted octanol–water partition coefficient (Wildman–Crippen LogP) is 4.01. The molecular formula is C19H20F3NO3. The highest BCUT2D eigenvalue weighted by Gasteiger charge is 2.30. The molecule has 0 radical (unpaired) electrons. The summed E-state index contributed by atoms with van der Waals surface area (Å²) in [6.07, 6.45) is -4.85. The molecule has 0 heterocycles. The first-order valence-corrected chi connectivity index (χ1v) is 8.13. The van der Waals surface area contributed by atoms with E-state index in [1.807, 2.05) is 6.92 Å². The van der Waals surface area contributed by atoms with E-state index in [9.17, 15) is 23.1 Å². The summed E-state index contributed by atoms with van der Waals surface area (Å²) in [6.45, 7) is 2.18. The van der Waals surface area contributed by atoms with Crippen molar-refractivity contribution in [2.75, 3.05) is 0 Å². The number of aliphatic hydroxyl groups excluding tert-OH is 1. The lowest BCUT2D eigenvalue weighted by Crippen LogP contribution is -2.34. The molecule has 2 unspecified atom stereocenters. The molecule has 0 amide bonds. The number of halogens is 3. The van der Waals surface area contributed by atoms with Gasteiger partial charge in [-0.15, -0.1) is 0 Å². The largest absolute Gasteiger partial charge is 0.478 e. The molecule has 7 heteroatoms. The molecule has 3 N–H and O–H groups in total. The van der Waals surface area contributed by atoms with Crippen LogP contribution in [0.4, 0.5) is 13.2 Å². The van der Waals surface area contributed by atoms with Gasteiger partial charge in [0.05, 0.1) is 17.2 Å². The van der Waals surface area contributed by atoms with Crippen molar-refractivity contribution in [2.24, 2.45) is 0 Å². The smallest absolute Gasteiger partial charge is 0.416 e. The van der Waals surface area contributed by atoms with E-state index < -0.39 is 23.8 Å². The van der Waals surface area contributed by atoms with Crippen LogP contribution in [-0.4, -0.2) is 22.2 Å². The minimum Gasteiger partial charge on any atom is -0.478 e. The normalized spacial score (nSPS) is 14.0. The Morgan fingerprint density at radius 3 is 2.35 bits per heavy atom. The molecule has 0 bridgehead atoms. The maximum absolute atomic E-state index is 12.6. The number of carboxylic acids is 1. The van der Waals surface area contributed by atoms with Crippen molar-refractivity contribution in [1.29, 1.82) is 0 Å². The van der Waals surface area contributed by atoms with Gasteiger partial charge in [0.1, 0.15) is 0 Å². The Bertz CT molecular complexity index is 744. The lowest BCUT2D eigenvalue weighted by molar-refractivity contribution is -0.137. The molecule has 0 aliphatic rings. The molecule has 0 aliphatic heterocycles. The van der Waals surface area contributed by atoms with Crippen LogP contribution in [0.2, 0.25) is 0 Å². The van der Waals surface area contributed by atoms with Crippen LogP contribution in [0.3, 0.4) is 0 Å². The third kappa shape index (κ3) is 5.06. The molecule has 0 aliphatic carbocycles. The van der Waals surface area contributed by atoms with Gasteiger partial charge in [-0.1, -0.05) is 31.2 Å². The van der Waals surface area contributed by atoms with Crippen molar-refractivity contribution in [3.8, 4) is 0 Å². The highest BCUT2D eigenvalue weighted by molar-refractivity contribution is 5.87. The zero-order valence-corrected chi connectivity index (χ0v) is 14.1. The zero-order valence-electron chi connectivity index (χ0n) is 14.1. The van der Waals surface area contributed by atoms with E-state index in [4.69, 9.17) is 5.11 Å². The first kappa shape index (κ1) is 19.9. The van der Waals surface area contributed by atoms with Gasteiger partial charge in [0, 0.05) is 12.6 Å². The highest BCUT2D eigenvalue weighted by atomic mass is 19.4. The molecule has 2 rings (SSSR count).